The van der Waals surface area contributed by atoms with E-state index in [-0.39, 0.29) is 37.0 Å². The van der Waals surface area contributed by atoms with Crippen LogP contribution in [0.15, 0.2) is 0 Å². The van der Waals surface area contributed by atoms with Crippen molar-refractivity contribution in [3.8, 4) is 0 Å². The molecule has 1 rings (SSSR count). The lowest BCUT2D eigenvalue weighted by molar-refractivity contribution is -0.311. The maximum absolute atomic E-state index is 11.5. The SMILES string of the molecule is O=C(CBr)NCCCC(C(=O)[O-])N1C(=O)CCC1=O. The van der Waals surface area contributed by atoms with Gasteiger partial charge in [0.15, 0.2) is 0 Å². The van der Waals surface area contributed by atoms with Gasteiger partial charge in [-0.3, -0.25) is 19.3 Å². The summed E-state index contributed by atoms with van der Waals surface area (Å²) in [7, 11) is 0. The summed E-state index contributed by atoms with van der Waals surface area (Å²) in [6.45, 7) is 0.282. The Morgan fingerprint density at radius 1 is 1.32 bits per heavy atom. The fourth-order valence-corrected chi connectivity index (χ4v) is 2.06. The van der Waals surface area contributed by atoms with Crippen molar-refractivity contribution < 1.29 is 24.3 Å². The van der Waals surface area contributed by atoms with E-state index in [0.29, 0.717) is 6.42 Å². The molecule has 0 spiro atoms. The molecule has 1 saturated heterocycles. The minimum absolute atomic E-state index is 0.0446. The lowest BCUT2D eigenvalue weighted by Gasteiger charge is -2.27. The van der Waals surface area contributed by atoms with Crippen LogP contribution in [0.5, 0.6) is 0 Å². The number of likely N-dealkylation sites (tertiary alicyclic amines) is 1. The van der Waals surface area contributed by atoms with Gasteiger partial charge in [-0.15, -0.1) is 0 Å². The minimum atomic E-state index is -1.45. The van der Waals surface area contributed by atoms with Crippen molar-refractivity contribution in [2.45, 2.75) is 31.7 Å². The lowest BCUT2D eigenvalue weighted by atomic mass is 10.1. The Labute approximate surface area is 118 Å². The number of hydrogen-bond acceptors (Lipinski definition) is 5. The maximum Gasteiger partial charge on any atom is 0.230 e. The van der Waals surface area contributed by atoms with Crippen molar-refractivity contribution >= 4 is 39.6 Å². The molecule has 19 heavy (non-hydrogen) atoms. The number of carboxylic acids is 1. The van der Waals surface area contributed by atoms with Crippen LogP contribution in [0.2, 0.25) is 0 Å². The summed E-state index contributed by atoms with van der Waals surface area (Å²) in [6, 6.07) is -1.25. The zero-order chi connectivity index (χ0) is 14.4. The first kappa shape index (κ1) is 15.6. The normalized spacial score (nSPS) is 16.6. The van der Waals surface area contributed by atoms with Gasteiger partial charge in [-0.2, -0.15) is 0 Å². The molecule has 0 aromatic heterocycles. The summed E-state index contributed by atoms with van der Waals surface area (Å²) in [5.74, 6) is -2.62. The topological polar surface area (TPSA) is 107 Å². The monoisotopic (exact) mass is 333 g/mol. The average molecular weight is 334 g/mol. The number of rotatable bonds is 7. The summed E-state index contributed by atoms with van der Waals surface area (Å²) in [4.78, 5) is 45.6. The van der Waals surface area contributed by atoms with Crippen LogP contribution in [-0.2, 0) is 19.2 Å². The second-order valence-electron chi connectivity index (χ2n) is 4.12. The largest absolute Gasteiger partial charge is 0.548 e. The highest BCUT2D eigenvalue weighted by atomic mass is 79.9. The molecule has 3 amide bonds. The van der Waals surface area contributed by atoms with E-state index < -0.39 is 23.8 Å². The van der Waals surface area contributed by atoms with Gasteiger partial charge in [0, 0.05) is 19.4 Å². The van der Waals surface area contributed by atoms with Crippen LogP contribution in [0.25, 0.3) is 0 Å². The number of carbonyl (C=O) groups is 4. The van der Waals surface area contributed by atoms with E-state index in [1.54, 1.807) is 0 Å². The van der Waals surface area contributed by atoms with Crippen molar-refractivity contribution in [3.63, 3.8) is 0 Å². The van der Waals surface area contributed by atoms with Gasteiger partial charge in [0.25, 0.3) is 0 Å². The number of alkyl halides is 1. The summed E-state index contributed by atoms with van der Waals surface area (Å²) >= 11 is 2.97. The Hall–Kier alpha value is -1.44. The molecular formula is C11H14BrN2O5-. The fourth-order valence-electron chi connectivity index (χ4n) is 1.86. The first-order valence-electron chi connectivity index (χ1n) is 5.85. The third-order valence-corrected chi connectivity index (χ3v) is 3.28. The molecule has 1 atom stereocenters. The molecule has 1 aliphatic heterocycles. The van der Waals surface area contributed by atoms with Crippen LogP contribution in [0, 0.1) is 0 Å². The van der Waals surface area contributed by atoms with Crippen LogP contribution in [0.1, 0.15) is 25.7 Å². The van der Waals surface area contributed by atoms with E-state index in [9.17, 15) is 24.3 Å². The van der Waals surface area contributed by atoms with Crippen molar-refractivity contribution in [2.24, 2.45) is 0 Å². The fraction of sp³-hybridized carbons (Fsp3) is 0.636. The van der Waals surface area contributed by atoms with Crippen LogP contribution < -0.4 is 10.4 Å². The third kappa shape index (κ3) is 4.30. The maximum atomic E-state index is 11.5. The molecule has 1 heterocycles. The Bertz CT molecular complexity index is 383. The number of nitrogens with zero attached hydrogens (tertiary/aromatic N) is 1. The summed E-state index contributed by atoms with van der Waals surface area (Å²) in [5, 5.41) is 13.7. The standard InChI is InChI=1S/C11H15BrN2O5/c12-6-8(15)13-5-1-2-7(11(18)19)14-9(16)3-4-10(14)17/h7H,1-6H2,(H,13,15)(H,18,19)/p-1. The molecule has 0 radical (unpaired) electrons. The predicted molar refractivity (Wildman–Crippen MR) is 65.9 cm³/mol. The van der Waals surface area contributed by atoms with E-state index >= 15 is 0 Å². The first-order valence-corrected chi connectivity index (χ1v) is 6.98. The second-order valence-corrected chi connectivity index (χ2v) is 4.68. The molecule has 1 N–H and O–H groups in total. The van der Waals surface area contributed by atoms with Crippen LogP contribution >= 0.6 is 15.9 Å². The molecule has 7 nitrogen and oxygen atoms in total. The number of carboxylic acid groups (broad SMARTS) is 1. The summed E-state index contributed by atoms with van der Waals surface area (Å²) < 4.78 is 0. The van der Waals surface area contributed by atoms with Gasteiger partial charge >= 0.3 is 0 Å². The number of nitrogens with one attached hydrogen (secondary N) is 1. The molecule has 0 bridgehead atoms. The van der Waals surface area contributed by atoms with Gasteiger partial charge in [0.2, 0.25) is 17.7 Å². The molecule has 0 aromatic carbocycles. The van der Waals surface area contributed by atoms with E-state index in [0.717, 1.165) is 4.90 Å². The zero-order valence-electron chi connectivity index (χ0n) is 10.2. The average Bonchev–Trinajstić information content (AvgIpc) is 2.69. The van der Waals surface area contributed by atoms with Crippen molar-refractivity contribution in [1.29, 1.82) is 0 Å². The van der Waals surface area contributed by atoms with E-state index in [1.807, 2.05) is 0 Å². The van der Waals surface area contributed by atoms with Gasteiger partial charge in [-0.1, -0.05) is 15.9 Å². The van der Waals surface area contributed by atoms with Crippen LogP contribution in [-0.4, -0.2) is 46.5 Å². The third-order valence-electron chi connectivity index (χ3n) is 2.77. The summed E-state index contributed by atoms with van der Waals surface area (Å²) in [6.07, 6.45) is 0.503. The number of halogens is 1. The van der Waals surface area contributed by atoms with Gasteiger partial charge in [-0.25, -0.2) is 0 Å². The molecule has 1 unspecified atom stereocenters. The molecule has 106 valence electrons. The van der Waals surface area contributed by atoms with E-state index in [2.05, 4.69) is 21.2 Å². The highest BCUT2D eigenvalue weighted by molar-refractivity contribution is 9.09. The second kappa shape index (κ2) is 7.22. The van der Waals surface area contributed by atoms with Crippen LogP contribution in [0.3, 0.4) is 0 Å². The Kier molecular flexibility index (Phi) is 5.94. The highest BCUT2D eigenvalue weighted by Gasteiger charge is 2.35. The Morgan fingerprint density at radius 3 is 2.37 bits per heavy atom. The molecule has 1 aliphatic rings. The van der Waals surface area contributed by atoms with Crippen molar-refractivity contribution in [1.82, 2.24) is 10.2 Å². The van der Waals surface area contributed by atoms with E-state index in [1.165, 1.54) is 0 Å². The quantitative estimate of drug-likeness (QED) is 0.348. The zero-order valence-corrected chi connectivity index (χ0v) is 11.8. The minimum Gasteiger partial charge on any atom is -0.548 e. The molecule has 8 heteroatoms. The number of carbonyl (C=O) groups excluding carboxylic acids is 4. The molecule has 1 fully saturated rings. The highest BCUT2D eigenvalue weighted by Crippen LogP contribution is 2.18. The van der Waals surface area contributed by atoms with Gasteiger partial charge < -0.3 is 15.2 Å². The number of amides is 3. The van der Waals surface area contributed by atoms with Crippen LogP contribution in [0.4, 0.5) is 0 Å². The number of imide groups is 1. The van der Waals surface area contributed by atoms with E-state index in [4.69, 9.17) is 0 Å². The molecular weight excluding hydrogens is 320 g/mol. The van der Waals surface area contributed by atoms with Crippen molar-refractivity contribution in [2.75, 3.05) is 11.9 Å². The predicted octanol–water partition coefficient (Wildman–Crippen LogP) is -1.45. The van der Waals surface area contributed by atoms with Gasteiger partial charge in [-0.05, 0) is 12.8 Å². The van der Waals surface area contributed by atoms with Crippen molar-refractivity contribution in [3.05, 3.63) is 0 Å². The molecule has 0 aliphatic carbocycles. The first-order chi connectivity index (χ1) is 8.97. The lowest BCUT2D eigenvalue weighted by Crippen LogP contribution is -2.50. The summed E-state index contributed by atoms with van der Waals surface area (Å²) in [5.41, 5.74) is 0. The Balaban J connectivity index is 2.50. The number of aliphatic carboxylic acids is 1. The smallest absolute Gasteiger partial charge is 0.230 e. The number of hydrogen-bond donors (Lipinski definition) is 1. The molecule has 0 aromatic rings. The van der Waals surface area contributed by atoms with Gasteiger partial charge in [0.05, 0.1) is 17.3 Å². The van der Waals surface area contributed by atoms with Gasteiger partial charge in [0.1, 0.15) is 0 Å². The Morgan fingerprint density at radius 2 is 1.89 bits per heavy atom. The molecule has 0 saturated carbocycles.